The molecule has 8 nitrogen and oxygen atoms in total. The summed E-state index contributed by atoms with van der Waals surface area (Å²) in [6, 6.07) is 11.3. The summed E-state index contributed by atoms with van der Waals surface area (Å²) in [4.78, 5) is -0.193. The van der Waals surface area contributed by atoms with Crippen LogP contribution in [0.1, 0.15) is 12.5 Å². The third-order valence-electron chi connectivity index (χ3n) is 3.55. The fraction of sp³-hybridized carbons (Fsp3) is 0.235. The van der Waals surface area contributed by atoms with Gasteiger partial charge in [-0.2, -0.15) is 5.26 Å². The van der Waals surface area contributed by atoms with Crippen LogP contribution in [-0.4, -0.2) is 41.8 Å². The van der Waals surface area contributed by atoms with Gasteiger partial charge in [-0.1, -0.05) is 0 Å². The van der Waals surface area contributed by atoms with Crippen molar-refractivity contribution < 1.29 is 21.6 Å². The molecule has 0 aromatic heterocycles. The van der Waals surface area contributed by atoms with Crippen LogP contribution in [0.5, 0.6) is 5.75 Å². The lowest BCUT2D eigenvalue weighted by Crippen LogP contribution is -2.23. The molecule has 0 aliphatic heterocycles. The molecule has 144 valence electrons. The standard InChI is InChI=1S/C17H19N3O5S2/c1-4-25-16-10-7-14(11-17(16)27(23,24)20(2)3)19-26(21,22)15-8-5-13(12-18)6-9-15/h5-11,19H,4H2,1-3H3. The quantitative estimate of drug-likeness (QED) is 0.748. The molecule has 0 aliphatic carbocycles. The van der Waals surface area contributed by atoms with Gasteiger partial charge in [-0.3, -0.25) is 4.72 Å². The molecule has 0 atom stereocenters. The average Bonchev–Trinajstić information content (AvgIpc) is 2.62. The molecule has 0 spiro atoms. The molecule has 27 heavy (non-hydrogen) atoms. The van der Waals surface area contributed by atoms with Crippen LogP contribution in [0.3, 0.4) is 0 Å². The van der Waals surface area contributed by atoms with E-state index in [0.717, 1.165) is 4.31 Å². The van der Waals surface area contributed by atoms with E-state index in [0.29, 0.717) is 5.56 Å². The molecule has 1 N–H and O–H groups in total. The largest absolute Gasteiger partial charge is 0.492 e. The minimum atomic E-state index is -3.95. The second-order valence-corrected chi connectivity index (χ2v) is 9.43. The van der Waals surface area contributed by atoms with Crippen molar-refractivity contribution in [3.05, 3.63) is 48.0 Å². The highest BCUT2D eigenvalue weighted by molar-refractivity contribution is 7.92. The minimum Gasteiger partial charge on any atom is -0.492 e. The van der Waals surface area contributed by atoms with Gasteiger partial charge in [0.2, 0.25) is 10.0 Å². The van der Waals surface area contributed by atoms with Gasteiger partial charge in [0.25, 0.3) is 10.0 Å². The maximum absolute atomic E-state index is 12.5. The summed E-state index contributed by atoms with van der Waals surface area (Å²) in [6.45, 7) is 1.97. The predicted molar refractivity (Wildman–Crippen MR) is 100 cm³/mol. The van der Waals surface area contributed by atoms with Crippen LogP contribution < -0.4 is 9.46 Å². The summed E-state index contributed by atoms with van der Waals surface area (Å²) < 4.78 is 58.8. The highest BCUT2D eigenvalue weighted by Gasteiger charge is 2.24. The van der Waals surface area contributed by atoms with Gasteiger partial charge in [0, 0.05) is 14.1 Å². The Morgan fingerprint density at radius 1 is 1.07 bits per heavy atom. The number of nitriles is 1. The second kappa shape index (κ2) is 7.96. The number of anilines is 1. The van der Waals surface area contributed by atoms with Crippen LogP contribution in [-0.2, 0) is 20.0 Å². The molecule has 10 heteroatoms. The lowest BCUT2D eigenvalue weighted by molar-refractivity contribution is 0.330. The molecule has 0 bridgehead atoms. The smallest absolute Gasteiger partial charge is 0.261 e. The SMILES string of the molecule is CCOc1ccc(NS(=O)(=O)c2ccc(C#N)cc2)cc1S(=O)(=O)N(C)C. The van der Waals surface area contributed by atoms with Gasteiger partial charge in [0.15, 0.2) is 0 Å². The van der Waals surface area contributed by atoms with Gasteiger partial charge in [0.05, 0.1) is 28.8 Å². The molecule has 0 fully saturated rings. The van der Waals surface area contributed by atoms with E-state index in [1.165, 1.54) is 56.6 Å². The number of hydrogen-bond donors (Lipinski definition) is 1. The Bertz CT molecular complexity index is 1070. The summed E-state index contributed by atoms with van der Waals surface area (Å²) in [7, 11) is -5.05. The van der Waals surface area contributed by atoms with Gasteiger partial charge < -0.3 is 4.74 Å². The van der Waals surface area contributed by atoms with Crippen molar-refractivity contribution in [2.45, 2.75) is 16.7 Å². The Morgan fingerprint density at radius 2 is 1.70 bits per heavy atom. The number of nitrogens with one attached hydrogen (secondary N) is 1. The minimum absolute atomic E-state index is 0.0487. The second-order valence-electron chi connectivity index (χ2n) is 5.62. The first-order chi connectivity index (χ1) is 12.6. The van der Waals surface area contributed by atoms with Gasteiger partial charge in [-0.15, -0.1) is 0 Å². The molecule has 2 aromatic rings. The third-order valence-corrected chi connectivity index (χ3v) is 6.78. The van der Waals surface area contributed by atoms with Gasteiger partial charge in [0.1, 0.15) is 10.6 Å². The van der Waals surface area contributed by atoms with Gasteiger partial charge in [-0.25, -0.2) is 21.1 Å². The van der Waals surface area contributed by atoms with E-state index >= 15 is 0 Å². The third kappa shape index (κ3) is 4.57. The topological polar surface area (TPSA) is 117 Å². The van der Waals surface area contributed by atoms with Gasteiger partial charge in [-0.05, 0) is 49.4 Å². The van der Waals surface area contributed by atoms with E-state index in [1.54, 1.807) is 6.92 Å². The zero-order valence-electron chi connectivity index (χ0n) is 15.0. The van der Waals surface area contributed by atoms with E-state index in [-0.39, 0.29) is 27.8 Å². The Labute approximate surface area is 159 Å². The van der Waals surface area contributed by atoms with E-state index in [4.69, 9.17) is 10.00 Å². The fourth-order valence-corrected chi connectivity index (χ4v) is 4.27. The van der Waals surface area contributed by atoms with Crippen molar-refractivity contribution in [1.29, 1.82) is 5.26 Å². The summed E-state index contributed by atoms with van der Waals surface area (Å²) in [6.07, 6.45) is 0. The van der Waals surface area contributed by atoms with E-state index in [1.807, 2.05) is 6.07 Å². The Morgan fingerprint density at radius 3 is 2.22 bits per heavy atom. The number of nitrogens with zero attached hydrogens (tertiary/aromatic N) is 2. The van der Waals surface area contributed by atoms with E-state index in [2.05, 4.69) is 4.72 Å². The van der Waals surface area contributed by atoms with E-state index in [9.17, 15) is 16.8 Å². The molecule has 2 aromatic carbocycles. The number of hydrogen-bond acceptors (Lipinski definition) is 6. The first-order valence-electron chi connectivity index (χ1n) is 7.84. The molecule has 0 amide bonds. The first kappa shape index (κ1) is 20.7. The lowest BCUT2D eigenvalue weighted by atomic mass is 10.2. The van der Waals surface area contributed by atoms with Crippen molar-refractivity contribution in [3.63, 3.8) is 0 Å². The average molecular weight is 409 g/mol. The maximum Gasteiger partial charge on any atom is 0.261 e. The first-order valence-corrected chi connectivity index (χ1v) is 10.8. The van der Waals surface area contributed by atoms with E-state index < -0.39 is 20.0 Å². The monoisotopic (exact) mass is 409 g/mol. The highest BCUT2D eigenvalue weighted by Crippen LogP contribution is 2.30. The maximum atomic E-state index is 12.5. The Kier molecular flexibility index (Phi) is 6.10. The van der Waals surface area contributed by atoms with Crippen LogP contribution in [0, 0.1) is 11.3 Å². The molecule has 0 saturated heterocycles. The Balaban J connectivity index is 2.45. The molecule has 0 aliphatic rings. The predicted octanol–water partition coefficient (Wildman–Crippen LogP) is 2.01. The number of sulfonamides is 2. The molecule has 0 heterocycles. The van der Waals surface area contributed by atoms with Crippen LogP contribution in [0.2, 0.25) is 0 Å². The zero-order chi connectivity index (χ0) is 20.2. The fourth-order valence-electron chi connectivity index (χ4n) is 2.17. The summed E-state index contributed by atoms with van der Waals surface area (Å²) >= 11 is 0. The summed E-state index contributed by atoms with van der Waals surface area (Å²) in [5, 5.41) is 8.80. The summed E-state index contributed by atoms with van der Waals surface area (Å²) in [5.74, 6) is 0.132. The van der Waals surface area contributed by atoms with Crippen molar-refractivity contribution >= 4 is 25.7 Å². The van der Waals surface area contributed by atoms with Crippen LogP contribution in [0.15, 0.2) is 52.3 Å². The zero-order valence-corrected chi connectivity index (χ0v) is 16.6. The molecule has 2 rings (SSSR count). The van der Waals surface area contributed by atoms with Crippen molar-refractivity contribution in [2.24, 2.45) is 0 Å². The van der Waals surface area contributed by atoms with Crippen molar-refractivity contribution in [1.82, 2.24) is 4.31 Å². The van der Waals surface area contributed by atoms with Crippen LogP contribution in [0.25, 0.3) is 0 Å². The van der Waals surface area contributed by atoms with Crippen molar-refractivity contribution in [3.8, 4) is 11.8 Å². The lowest BCUT2D eigenvalue weighted by Gasteiger charge is -2.17. The van der Waals surface area contributed by atoms with Gasteiger partial charge >= 0.3 is 0 Å². The van der Waals surface area contributed by atoms with Crippen molar-refractivity contribution in [2.75, 3.05) is 25.4 Å². The molecular formula is C17H19N3O5S2. The Hall–Kier alpha value is -2.61. The molecule has 0 unspecified atom stereocenters. The van der Waals surface area contributed by atoms with Crippen LogP contribution >= 0.6 is 0 Å². The van der Waals surface area contributed by atoms with Crippen LogP contribution in [0.4, 0.5) is 5.69 Å². The molecule has 0 radical (unpaired) electrons. The number of rotatable bonds is 7. The summed E-state index contributed by atoms with van der Waals surface area (Å²) in [5.41, 5.74) is 0.401. The molecular weight excluding hydrogens is 390 g/mol. The highest BCUT2D eigenvalue weighted by atomic mass is 32.2. The number of ether oxygens (including phenoxy) is 1. The number of benzene rings is 2. The normalized spacial score (nSPS) is 11.8. The molecule has 0 saturated carbocycles.